The number of unbranched alkanes of at least 4 members (excludes halogenated alkanes) is 40. The van der Waals surface area contributed by atoms with Crippen LogP contribution in [0, 0.1) is 0 Å². The highest BCUT2D eigenvalue weighted by Crippen LogP contribution is 2.18. The summed E-state index contributed by atoms with van der Waals surface area (Å²) in [5.74, 6) is -0.889. The van der Waals surface area contributed by atoms with Gasteiger partial charge in [-0.1, -0.05) is 337 Å². The van der Waals surface area contributed by atoms with E-state index < -0.39 is 6.10 Å². The van der Waals surface area contributed by atoms with Gasteiger partial charge in [0.1, 0.15) is 13.2 Å². The van der Waals surface area contributed by atoms with E-state index in [1.807, 2.05) is 0 Å². The second-order valence-electron chi connectivity index (χ2n) is 23.7. The van der Waals surface area contributed by atoms with Crippen molar-refractivity contribution in [1.82, 2.24) is 0 Å². The largest absolute Gasteiger partial charge is 0.462 e. The predicted octanol–water partition coefficient (Wildman–Crippen LogP) is 24.6. The first-order chi connectivity index (χ1) is 40.5. The third-order valence-electron chi connectivity index (χ3n) is 15.6. The molecule has 0 aliphatic heterocycles. The monoisotopic (exact) mass is 1140 g/mol. The molecule has 6 heteroatoms. The van der Waals surface area contributed by atoms with Crippen molar-refractivity contribution in [1.29, 1.82) is 0 Å². The van der Waals surface area contributed by atoms with Gasteiger partial charge in [-0.05, 0) is 89.9 Å². The van der Waals surface area contributed by atoms with Crippen LogP contribution in [0.4, 0.5) is 0 Å². The maximum absolute atomic E-state index is 12.9. The molecule has 82 heavy (non-hydrogen) atoms. The van der Waals surface area contributed by atoms with Crippen LogP contribution in [0.2, 0.25) is 0 Å². The molecular formula is C76H134O6. The lowest BCUT2D eigenvalue weighted by Gasteiger charge is -2.18. The Hall–Kier alpha value is -3.41. The van der Waals surface area contributed by atoms with Crippen molar-refractivity contribution >= 4 is 17.9 Å². The van der Waals surface area contributed by atoms with Gasteiger partial charge in [-0.3, -0.25) is 14.4 Å². The van der Waals surface area contributed by atoms with Crippen LogP contribution >= 0.6 is 0 Å². The molecule has 0 spiro atoms. The minimum Gasteiger partial charge on any atom is -0.462 e. The van der Waals surface area contributed by atoms with Gasteiger partial charge in [0.25, 0.3) is 0 Å². The molecule has 0 radical (unpaired) electrons. The molecule has 1 atom stereocenters. The van der Waals surface area contributed by atoms with Crippen LogP contribution < -0.4 is 0 Å². The van der Waals surface area contributed by atoms with E-state index >= 15 is 0 Å². The lowest BCUT2D eigenvalue weighted by Crippen LogP contribution is -2.30. The van der Waals surface area contributed by atoms with E-state index in [-0.39, 0.29) is 31.1 Å². The van der Waals surface area contributed by atoms with Crippen molar-refractivity contribution in [3.8, 4) is 0 Å². The number of carbonyl (C=O) groups excluding carboxylic acids is 3. The van der Waals surface area contributed by atoms with Gasteiger partial charge in [0.15, 0.2) is 6.10 Å². The smallest absolute Gasteiger partial charge is 0.306 e. The summed E-state index contributed by atoms with van der Waals surface area (Å²) in [4.78, 5) is 38.4. The van der Waals surface area contributed by atoms with Gasteiger partial charge in [-0.15, -0.1) is 0 Å². The number of carbonyl (C=O) groups is 3. The minimum absolute atomic E-state index is 0.0801. The average molecular weight is 1140 g/mol. The number of esters is 3. The van der Waals surface area contributed by atoms with Crippen LogP contribution in [-0.4, -0.2) is 37.2 Å². The van der Waals surface area contributed by atoms with Crippen LogP contribution in [0.3, 0.4) is 0 Å². The molecule has 0 aliphatic rings. The fourth-order valence-corrected chi connectivity index (χ4v) is 10.4. The van der Waals surface area contributed by atoms with E-state index in [1.54, 1.807) is 0 Å². The molecule has 474 valence electrons. The molecule has 0 heterocycles. The maximum Gasteiger partial charge on any atom is 0.306 e. The Kier molecular flexibility index (Phi) is 67.2. The molecule has 0 fully saturated rings. The zero-order valence-electron chi connectivity index (χ0n) is 54.5. The topological polar surface area (TPSA) is 78.9 Å². The Morgan fingerprint density at radius 3 is 0.756 bits per heavy atom. The van der Waals surface area contributed by atoms with Gasteiger partial charge in [0.2, 0.25) is 0 Å². The summed E-state index contributed by atoms with van der Waals surface area (Å²) < 4.78 is 16.9. The third kappa shape index (κ3) is 67.4. The van der Waals surface area contributed by atoms with E-state index in [4.69, 9.17) is 14.2 Å². The maximum atomic E-state index is 12.9. The quantitative estimate of drug-likeness (QED) is 0.0261. The molecule has 6 nitrogen and oxygen atoms in total. The van der Waals surface area contributed by atoms with Crippen molar-refractivity contribution in [2.75, 3.05) is 13.2 Å². The molecule has 0 rings (SSSR count). The van der Waals surface area contributed by atoms with Gasteiger partial charge < -0.3 is 14.2 Å². The summed E-state index contributed by atoms with van der Waals surface area (Å²) in [6.07, 6.45) is 93.5. The second kappa shape index (κ2) is 70.1. The molecule has 0 saturated heterocycles. The van der Waals surface area contributed by atoms with Crippen molar-refractivity contribution in [3.63, 3.8) is 0 Å². The van der Waals surface area contributed by atoms with Crippen LogP contribution in [0.25, 0.3) is 0 Å². The van der Waals surface area contributed by atoms with E-state index in [0.29, 0.717) is 19.3 Å². The van der Waals surface area contributed by atoms with E-state index in [1.165, 1.54) is 212 Å². The molecule has 0 aromatic heterocycles. The molecule has 0 amide bonds. The molecule has 0 aromatic carbocycles. The highest BCUT2D eigenvalue weighted by Gasteiger charge is 2.19. The fraction of sp³-hybridized carbons (Fsp3) is 0.776. The van der Waals surface area contributed by atoms with Crippen LogP contribution in [0.15, 0.2) is 85.1 Å². The standard InChI is InChI=1S/C76H134O6/c1-4-7-10-13-16-19-22-25-27-29-31-32-33-34-35-36-37-38-39-40-41-42-43-44-45-47-48-51-54-57-60-63-66-69-75(78)81-72-73(71-80-74(77)68-65-62-59-56-53-50-24-21-18-15-12-9-6-3)82-76(79)70-67-64-61-58-55-52-49-46-30-28-26-23-20-17-14-11-8-5-2/h7,9-10,12,16,18-19,21,25,27,31-32,50,53,73H,4-6,8,11,13-15,17,20,22-24,26,28-30,33-49,51-52,54-72H2,1-3H3/b10-7-,12-9-,19-16-,21-18-,27-25-,32-31-,53-50-. The Labute approximate surface area is 509 Å². The fourth-order valence-electron chi connectivity index (χ4n) is 10.4. The summed E-state index contributed by atoms with van der Waals surface area (Å²) >= 11 is 0. The summed E-state index contributed by atoms with van der Waals surface area (Å²) in [6.45, 7) is 6.44. The zero-order chi connectivity index (χ0) is 59.2. The lowest BCUT2D eigenvalue weighted by atomic mass is 10.0. The minimum atomic E-state index is -0.786. The number of ether oxygens (including phenoxy) is 3. The predicted molar refractivity (Wildman–Crippen MR) is 358 cm³/mol. The van der Waals surface area contributed by atoms with Gasteiger partial charge in [-0.25, -0.2) is 0 Å². The van der Waals surface area contributed by atoms with Gasteiger partial charge in [0.05, 0.1) is 0 Å². The number of hydrogen-bond acceptors (Lipinski definition) is 6. The third-order valence-corrected chi connectivity index (χ3v) is 15.6. The van der Waals surface area contributed by atoms with Crippen molar-refractivity contribution < 1.29 is 28.6 Å². The molecule has 0 aromatic rings. The van der Waals surface area contributed by atoms with Gasteiger partial charge in [-0.2, -0.15) is 0 Å². The van der Waals surface area contributed by atoms with Crippen molar-refractivity contribution in [2.24, 2.45) is 0 Å². The highest BCUT2D eigenvalue weighted by molar-refractivity contribution is 5.71. The van der Waals surface area contributed by atoms with Crippen molar-refractivity contribution in [2.45, 2.75) is 367 Å². The van der Waals surface area contributed by atoms with Crippen LogP contribution in [0.1, 0.15) is 361 Å². The molecular weight excluding hydrogens is 1010 g/mol. The zero-order valence-corrected chi connectivity index (χ0v) is 54.5. The summed E-state index contributed by atoms with van der Waals surface area (Å²) in [7, 11) is 0. The first-order valence-electron chi connectivity index (χ1n) is 35.6. The normalized spacial score (nSPS) is 12.6. The van der Waals surface area contributed by atoms with Crippen LogP contribution in [0.5, 0.6) is 0 Å². The second-order valence-corrected chi connectivity index (χ2v) is 23.7. The number of hydrogen-bond donors (Lipinski definition) is 0. The first kappa shape index (κ1) is 78.6. The molecule has 0 N–H and O–H groups in total. The SMILES string of the molecule is CC/C=C\C/C=C\C/C=C\C/C=C\CCCCCCCCCCCCCCCCCCCCCCC(=O)OCC(COC(=O)CCCCC/C=C\C/C=C\C/C=C\CC)OC(=O)CCCCCCCCCCCCCCCCCCCC. The van der Waals surface area contributed by atoms with E-state index in [9.17, 15) is 14.4 Å². The molecule has 0 saturated carbocycles. The average Bonchev–Trinajstić information content (AvgIpc) is 3.47. The number of allylic oxidation sites excluding steroid dienone is 14. The lowest BCUT2D eigenvalue weighted by molar-refractivity contribution is -0.167. The van der Waals surface area contributed by atoms with E-state index in [2.05, 4.69) is 106 Å². The van der Waals surface area contributed by atoms with Crippen LogP contribution in [-0.2, 0) is 28.6 Å². The molecule has 0 bridgehead atoms. The molecule has 1 unspecified atom stereocenters. The Morgan fingerprint density at radius 2 is 0.476 bits per heavy atom. The highest BCUT2D eigenvalue weighted by atomic mass is 16.6. The Bertz CT molecular complexity index is 1550. The summed E-state index contributed by atoms with van der Waals surface area (Å²) in [6, 6.07) is 0. The van der Waals surface area contributed by atoms with Crippen molar-refractivity contribution in [3.05, 3.63) is 85.1 Å². The summed E-state index contributed by atoms with van der Waals surface area (Å²) in [5, 5.41) is 0. The van der Waals surface area contributed by atoms with E-state index in [0.717, 1.165) is 109 Å². The Morgan fingerprint density at radius 1 is 0.256 bits per heavy atom. The van der Waals surface area contributed by atoms with Gasteiger partial charge in [0, 0.05) is 19.3 Å². The van der Waals surface area contributed by atoms with Gasteiger partial charge >= 0.3 is 17.9 Å². The number of rotatable bonds is 65. The first-order valence-corrected chi connectivity index (χ1v) is 35.6. The molecule has 0 aliphatic carbocycles. The summed E-state index contributed by atoms with van der Waals surface area (Å²) in [5.41, 5.74) is 0. The Balaban J connectivity index is 4.15.